The molecule has 1 aliphatic rings. The molecular weight excluding hydrogens is 380 g/mol. The first kappa shape index (κ1) is 18.1. The van der Waals surface area contributed by atoms with Crippen LogP contribution in [0.4, 0.5) is 0 Å². The number of hydrogen-bond acceptors (Lipinski definition) is 6. The summed E-state index contributed by atoms with van der Waals surface area (Å²) in [5, 5.41) is 0. The Balaban J connectivity index is 1.63. The zero-order valence-electron chi connectivity index (χ0n) is 15.6. The Kier molecular flexibility index (Phi) is 4.79. The minimum absolute atomic E-state index is 0.217. The van der Waals surface area contributed by atoms with E-state index in [1.165, 1.54) is 17.4 Å². The number of hydrogen-bond donors (Lipinski definition) is 0. The topological polar surface area (TPSA) is 71.3 Å². The fraction of sp³-hybridized carbons (Fsp3) is 0.200. The van der Waals surface area contributed by atoms with Crippen molar-refractivity contribution in [3.05, 3.63) is 46.8 Å². The lowest BCUT2D eigenvalue weighted by Crippen LogP contribution is -2.12. The third-order valence-electron chi connectivity index (χ3n) is 4.34. The van der Waals surface area contributed by atoms with Crippen molar-refractivity contribution in [1.29, 1.82) is 0 Å². The van der Waals surface area contributed by atoms with E-state index in [0.717, 1.165) is 15.8 Å². The summed E-state index contributed by atoms with van der Waals surface area (Å²) < 4.78 is 24.1. The summed E-state index contributed by atoms with van der Waals surface area (Å²) in [6.45, 7) is 0.217. The number of amides is 1. The maximum Gasteiger partial charge on any atom is 0.272 e. The Labute approximate surface area is 165 Å². The van der Waals surface area contributed by atoms with Gasteiger partial charge in [-0.1, -0.05) is 17.4 Å². The van der Waals surface area contributed by atoms with Gasteiger partial charge in [-0.2, -0.15) is 4.99 Å². The molecule has 0 aliphatic carbocycles. The van der Waals surface area contributed by atoms with E-state index in [4.69, 9.17) is 18.9 Å². The van der Waals surface area contributed by atoms with Crippen molar-refractivity contribution >= 4 is 33.5 Å². The maximum atomic E-state index is 12.3. The Morgan fingerprint density at radius 2 is 1.89 bits per heavy atom. The summed E-state index contributed by atoms with van der Waals surface area (Å²) >= 11 is 1.41. The molecule has 0 bridgehead atoms. The van der Waals surface area contributed by atoms with Crippen LogP contribution in [-0.4, -0.2) is 31.5 Å². The summed E-state index contributed by atoms with van der Waals surface area (Å²) in [7, 11) is 5.04. The van der Waals surface area contributed by atoms with Gasteiger partial charge in [0.2, 0.25) is 6.79 Å². The van der Waals surface area contributed by atoms with Crippen LogP contribution in [-0.2, 0) is 11.8 Å². The third-order valence-corrected chi connectivity index (χ3v) is 5.43. The molecule has 0 unspecified atom stereocenters. The lowest BCUT2D eigenvalue weighted by atomic mass is 10.2. The van der Waals surface area contributed by atoms with Gasteiger partial charge in [-0.3, -0.25) is 4.79 Å². The summed E-state index contributed by atoms with van der Waals surface area (Å²) in [5.41, 5.74) is 1.75. The van der Waals surface area contributed by atoms with Crippen LogP contribution >= 0.6 is 11.3 Å². The second-order valence-corrected chi connectivity index (χ2v) is 7.02. The molecule has 28 heavy (non-hydrogen) atoms. The highest BCUT2D eigenvalue weighted by atomic mass is 32.1. The van der Waals surface area contributed by atoms with Crippen molar-refractivity contribution in [2.24, 2.45) is 12.0 Å². The number of aryl methyl sites for hydroxylation is 1. The van der Waals surface area contributed by atoms with Gasteiger partial charge in [0.25, 0.3) is 5.91 Å². The highest BCUT2D eigenvalue weighted by molar-refractivity contribution is 7.16. The van der Waals surface area contributed by atoms with Crippen LogP contribution in [0.25, 0.3) is 16.3 Å². The van der Waals surface area contributed by atoms with Crippen molar-refractivity contribution in [2.45, 2.75) is 0 Å². The monoisotopic (exact) mass is 398 g/mol. The largest absolute Gasteiger partial charge is 0.493 e. The zero-order chi connectivity index (χ0) is 19.7. The molecule has 4 rings (SSSR count). The predicted molar refractivity (Wildman–Crippen MR) is 106 cm³/mol. The number of fused-ring (bicyclic) bond motifs is 2. The van der Waals surface area contributed by atoms with E-state index in [-0.39, 0.29) is 12.7 Å². The number of thiazole rings is 1. The molecule has 1 amide bonds. The molecule has 0 fully saturated rings. The van der Waals surface area contributed by atoms with Crippen molar-refractivity contribution < 1.29 is 23.7 Å². The van der Waals surface area contributed by atoms with Crippen molar-refractivity contribution in [1.82, 2.24) is 4.57 Å². The first-order chi connectivity index (χ1) is 13.6. The Morgan fingerprint density at radius 3 is 2.68 bits per heavy atom. The normalized spacial score (nSPS) is 13.5. The fourth-order valence-corrected chi connectivity index (χ4v) is 3.91. The van der Waals surface area contributed by atoms with Crippen LogP contribution in [0.1, 0.15) is 5.56 Å². The molecule has 144 valence electrons. The molecule has 2 heterocycles. The fourth-order valence-electron chi connectivity index (χ4n) is 2.88. The van der Waals surface area contributed by atoms with Crippen LogP contribution in [0, 0.1) is 0 Å². The second-order valence-electron chi connectivity index (χ2n) is 6.01. The van der Waals surface area contributed by atoms with Gasteiger partial charge in [0.05, 0.1) is 24.4 Å². The quantitative estimate of drug-likeness (QED) is 0.632. The molecule has 0 saturated heterocycles. The minimum Gasteiger partial charge on any atom is -0.493 e. The summed E-state index contributed by atoms with van der Waals surface area (Å²) in [6.07, 6.45) is 3.14. The molecule has 0 spiro atoms. The molecule has 2 aromatic carbocycles. The van der Waals surface area contributed by atoms with Crippen molar-refractivity contribution in [2.75, 3.05) is 21.0 Å². The standard InChI is InChI=1S/C20H18N2O5S/c1-22-13-9-15(24-2)16(25-3)10-18(13)28-20(22)21-19(23)7-5-12-4-6-14-17(8-12)27-11-26-14/h4-10H,11H2,1-3H3. The van der Waals surface area contributed by atoms with Gasteiger partial charge in [-0.05, 0) is 23.8 Å². The number of nitrogens with zero attached hydrogens (tertiary/aromatic N) is 2. The van der Waals surface area contributed by atoms with Crippen LogP contribution in [0.2, 0.25) is 0 Å². The smallest absolute Gasteiger partial charge is 0.272 e. The van der Waals surface area contributed by atoms with E-state index in [1.54, 1.807) is 20.3 Å². The second kappa shape index (κ2) is 7.40. The average Bonchev–Trinajstić information content (AvgIpc) is 3.29. The van der Waals surface area contributed by atoms with E-state index in [9.17, 15) is 4.79 Å². The summed E-state index contributed by atoms with van der Waals surface area (Å²) in [6, 6.07) is 9.25. The van der Waals surface area contributed by atoms with Gasteiger partial charge in [0.15, 0.2) is 27.8 Å². The molecule has 8 heteroatoms. The van der Waals surface area contributed by atoms with Gasteiger partial charge in [-0.25, -0.2) is 0 Å². The Hall–Kier alpha value is -3.26. The molecule has 3 aromatic rings. The average molecular weight is 398 g/mol. The maximum absolute atomic E-state index is 12.3. The first-order valence-corrected chi connectivity index (χ1v) is 9.28. The lowest BCUT2D eigenvalue weighted by molar-refractivity contribution is -0.113. The number of carbonyl (C=O) groups excluding carboxylic acids is 1. The van der Waals surface area contributed by atoms with Crippen molar-refractivity contribution in [3.63, 3.8) is 0 Å². The molecule has 0 saturated carbocycles. The van der Waals surface area contributed by atoms with Crippen LogP contribution < -0.4 is 23.7 Å². The molecule has 0 radical (unpaired) electrons. The van der Waals surface area contributed by atoms with Crippen LogP contribution in [0.5, 0.6) is 23.0 Å². The highest BCUT2D eigenvalue weighted by Gasteiger charge is 2.13. The predicted octanol–water partition coefficient (Wildman–Crippen LogP) is 3.13. The van der Waals surface area contributed by atoms with Crippen LogP contribution in [0.3, 0.4) is 0 Å². The Bertz CT molecular complexity index is 1160. The third kappa shape index (κ3) is 3.34. The summed E-state index contributed by atoms with van der Waals surface area (Å²) in [4.78, 5) is 17.1. The summed E-state index contributed by atoms with van der Waals surface area (Å²) in [5.74, 6) is 2.29. The SMILES string of the molecule is COc1cc2sc(=NC(=O)C=Cc3ccc4c(c3)OCO4)n(C)c2cc1OC. The number of carbonyl (C=O) groups is 1. The van der Waals surface area contributed by atoms with Gasteiger partial charge in [-0.15, -0.1) is 0 Å². The molecule has 0 N–H and O–H groups in total. The van der Waals surface area contributed by atoms with E-state index < -0.39 is 0 Å². The number of rotatable bonds is 4. The lowest BCUT2D eigenvalue weighted by Gasteiger charge is -2.07. The van der Waals surface area contributed by atoms with Gasteiger partial charge < -0.3 is 23.5 Å². The zero-order valence-corrected chi connectivity index (χ0v) is 16.4. The minimum atomic E-state index is -0.348. The highest BCUT2D eigenvalue weighted by Crippen LogP contribution is 2.33. The number of ether oxygens (including phenoxy) is 4. The molecule has 7 nitrogen and oxygen atoms in total. The van der Waals surface area contributed by atoms with Crippen molar-refractivity contribution in [3.8, 4) is 23.0 Å². The first-order valence-electron chi connectivity index (χ1n) is 8.47. The van der Waals surface area contributed by atoms with E-state index in [0.29, 0.717) is 27.8 Å². The number of methoxy groups -OCH3 is 2. The van der Waals surface area contributed by atoms with E-state index in [2.05, 4.69) is 4.99 Å². The Morgan fingerprint density at radius 1 is 1.14 bits per heavy atom. The van der Waals surface area contributed by atoms with Crippen LogP contribution in [0.15, 0.2) is 41.4 Å². The van der Waals surface area contributed by atoms with Gasteiger partial charge in [0, 0.05) is 25.3 Å². The van der Waals surface area contributed by atoms with Gasteiger partial charge >= 0.3 is 0 Å². The van der Waals surface area contributed by atoms with E-state index >= 15 is 0 Å². The molecule has 1 aliphatic heterocycles. The number of aromatic nitrogens is 1. The van der Waals surface area contributed by atoms with E-state index in [1.807, 2.05) is 41.9 Å². The van der Waals surface area contributed by atoms with Gasteiger partial charge in [0.1, 0.15) is 0 Å². The molecule has 1 aromatic heterocycles. The molecule has 0 atom stereocenters. The molecular formula is C20H18N2O5S. The number of benzene rings is 2.